The quantitative estimate of drug-likeness (QED) is 0.542. The van der Waals surface area contributed by atoms with Crippen LogP contribution in [-0.4, -0.2) is 0 Å². The molecule has 0 radical (unpaired) electrons. The van der Waals surface area contributed by atoms with Gasteiger partial charge in [-0.3, -0.25) is 0 Å². The highest BCUT2D eigenvalue weighted by Gasteiger charge is 2.06. The zero-order valence-electron chi connectivity index (χ0n) is 13.2. The summed E-state index contributed by atoms with van der Waals surface area (Å²) in [4.78, 5) is 0. The first-order valence-electron chi connectivity index (χ1n) is 7.62. The zero-order chi connectivity index (χ0) is 16.2. The summed E-state index contributed by atoms with van der Waals surface area (Å²) in [6.07, 6.45) is 2.18. The first-order valence-corrected chi connectivity index (χ1v) is 7.62. The van der Waals surface area contributed by atoms with Gasteiger partial charge in [0, 0.05) is 11.4 Å². The summed E-state index contributed by atoms with van der Waals surface area (Å²) < 4.78 is 0. The smallest absolute Gasteiger partial charge is 0.0314 e. The van der Waals surface area contributed by atoms with Gasteiger partial charge >= 0.3 is 0 Å². The number of nitrogen functional groups attached to an aromatic ring is 2. The highest BCUT2D eigenvalue weighted by molar-refractivity contribution is 5.91. The van der Waals surface area contributed by atoms with Gasteiger partial charge in [0.25, 0.3) is 0 Å². The minimum absolute atomic E-state index is 0.768. The standard InChI is InChI=1S/C21H20N2/c1-15-3-2-4-18(13-15)21(17-7-11-20(23)12-8-17)14-16-5-9-19(22)10-6-16/h2-14H,22-23H2,1H3. The molecule has 0 aromatic heterocycles. The minimum Gasteiger partial charge on any atom is -0.399 e. The van der Waals surface area contributed by atoms with Crippen molar-refractivity contribution in [1.82, 2.24) is 0 Å². The van der Waals surface area contributed by atoms with Crippen LogP contribution >= 0.6 is 0 Å². The van der Waals surface area contributed by atoms with Crippen LogP contribution in [0.1, 0.15) is 22.3 Å². The number of anilines is 2. The first-order chi connectivity index (χ1) is 11.1. The molecule has 114 valence electrons. The van der Waals surface area contributed by atoms with Crippen molar-refractivity contribution < 1.29 is 0 Å². The largest absolute Gasteiger partial charge is 0.399 e. The monoisotopic (exact) mass is 300 g/mol. The Kier molecular flexibility index (Phi) is 4.15. The fraction of sp³-hybridized carbons (Fsp3) is 0.0476. The van der Waals surface area contributed by atoms with Gasteiger partial charge in [-0.25, -0.2) is 0 Å². The number of rotatable bonds is 3. The van der Waals surface area contributed by atoms with E-state index in [2.05, 4.69) is 49.4 Å². The van der Waals surface area contributed by atoms with Gasteiger partial charge in [0.15, 0.2) is 0 Å². The van der Waals surface area contributed by atoms with Crippen molar-refractivity contribution >= 4 is 23.0 Å². The van der Waals surface area contributed by atoms with Crippen LogP contribution in [-0.2, 0) is 0 Å². The van der Waals surface area contributed by atoms with Crippen molar-refractivity contribution in [2.24, 2.45) is 0 Å². The molecular weight excluding hydrogens is 280 g/mol. The molecule has 0 saturated heterocycles. The second-order valence-corrected chi connectivity index (χ2v) is 5.72. The van der Waals surface area contributed by atoms with Gasteiger partial charge < -0.3 is 11.5 Å². The van der Waals surface area contributed by atoms with Crippen LogP contribution < -0.4 is 11.5 Å². The van der Waals surface area contributed by atoms with E-state index in [1.165, 1.54) is 16.7 Å². The molecule has 0 amide bonds. The van der Waals surface area contributed by atoms with Gasteiger partial charge in [-0.15, -0.1) is 0 Å². The number of hydrogen-bond acceptors (Lipinski definition) is 2. The lowest BCUT2D eigenvalue weighted by atomic mass is 9.94. The molecule has 0 unspecified atom stereocenters. The maximum Gasteiger partial charge on any atom is 0.0314 e. The molecule has 3 aromatic carbocycles. The Morgan fingerprint density at radius 1 is 0.739 bits per heavy atom. The Morgan fingerprint density at radius 3 is 1.96 bits per heavy atom. The van der Waals surface area contributed by atoms with E-state index in [-0.39, 0.29) is 0 Å². The van der Waals surface area contributed by atoms with Crippen LogP contribution in [0.5, 0.6) is 0 Å². The van der Waals surface area contributed by atoms with Gasteiger partial charge in [-0.05, 0) is 59.5 Å². The van der Waals surface area contributed by atoms with Crippen molar-refractivity contribution in [3.05, 3.63) is 95.1 Å². The predicted molar refractivity (Wildman–Crippen MR) is 99.9 cm³/mol. The number of nitrogens with two attached hydrogens (primary N) is 2. The van der Waals surface area contributed by atoms with Crippen molar-refractivity contribution in [2.45, 2.75) is 6.92 Å². The van der Waals surface area contributed by atoms with E-state index in [1.807, 2.05) is 36.4 Å². The van der Waals surface area contributed by atoms with E-state index in [4.69, 9.17) is 11.5 Å². The SMILES string of the molecule is Cc1cccc(C(=Cc2ccc(N)cc2)c2ccc(N)cc2)c1. The molecule has 23 heavy (non-hydrogen) atoms. The molecule has 3 rings (SSSR count). The summed E-state index contributed by atoms with van der Waals surface area (Å²) in [5.74, 6) is 0. The summed E-state index contributed by atoms with van der Waals surface area (Å²) in [6, 6.07) is 24.4. The van der Waals surface area contributed by atoms with Crippen LogP contribution in [0.25, 0.3) is 11.6 Å². The normalized spacial score (nSPS) is 11.4. The summed E-state index contributed by atoms with van der Waals surface area (Å²) in [7, 11) is 0. The summed E-state index contributed by atoms with van der Waals surface area (Å²) in [6.45, 7) is 2.10. The maximum atomic E-state index is 5.83. The third-order valence-electron chi connectivity index (χ3n) is 3.80. The van der Waals surface area contributed by atoms with Gasteiger partial charge in [0.1, 0.15) is 0 Å². The third kappa shape index (κ3) is 3.61. The Bertz CT molecular complexity index is 828. The molecule has 0 aliphatic carbocycles. The predicted octanol–water partition coefficient (Wildman–Crippen LogP) is 4.75. The Morgan fingerprint density at radius 2 is 1.35 bits per heavy atom. The molecule has 0 saturated carbocycles. The zero-order valence-corrected chi connectivity index (χ0v) is 13.2. The third-order valence-corrected chi connectivity index (χ3v) is 3.80. The fourth-order valence-corrected chi connectivity index (χ4v) is 2.57. The Balaban J connectivity index is 2.13. The average Bonchev–Trinajstić information content (AvgIpc) is 2.55. The first kappa shape index (κ1) is 14.9. The van der Waals surface area contributed by atoms with Crippen molar-refractivity contribution in [1.29, 1.82) is 0 Å². The second-order valence-electron chi connectivity index (χ2n) is 5.72. The highest BCUT2D eigenvalue weighted by Crippen LogP contribution is 2.27. The van der Waals surface area contributed by atoms with Crippen molar-refractivity contribution in [3.63, 3.8) is 0 Å². The molecule has 0 heterocycles. The number of hydrogen-bond donors (Lipinski definition) is 2. The van der Waals surface area contributed by atoms with Crippen LogP contribution in [0.15, 0.2) is 72.8 Å². The number of aryl methyl sites for hydroxylation is 1. The van der Waals surface area contributed by atoms with Gasteiger partial charge in [0.05, 0.1) is 0 Å². The van der Waals surface area contributed by atoms with Crippen molar-refractivity contribution in [2.75, 3.05) is 11.5 Å². The molecule has 0 fully saturated rings. The van der Waals surface area contributed by atoms with E-state index in [0.717, 1.165) is 22.5 Å². The van der Waals surface area contributed by atoms with Crippen molar-refractivity contribution in [3.8, 4) is 0 Å². The molecule has 0 bridgehead atoms. The van der Waals surface area contributed by atoms with Crippen LogP contribution in [0.2, 0.25) is 0 Å². The molecule has 3 aromatic rings. The van der Waals surface area contributed by atoms with Gasteiger partial charge in [0.2, 0.25) is 0 Å². The Hall–Kier alpha value is -3.00. The maximum absolute atomic E-state index is 5.83. The van der Waals surface area contributed by atoms with Gasteiger partial charge in [-0.1, -0.05) is 54.1 Å². The molecule has 2 nitrogen and oxygen atoms in total. The Labute approximate surface area is 137 Å². The second kappa shape index (κ2) is 6.41. The molecule has 0 aliphatic rings. The van der Waals surface area contributed by atoms with E-state index in [9.17, 15) is 0 Å². The summed E-state index contributed by atoms with van der Waals surface area (Å²) >= 11 is 0. The van der Waals surface area contributed by atoms with Crippen LogP contribution in [0.4, 0.5) is 11.4 Å². The van der Waals surface area contributed by atoms with Crippen LogP contribution in [0, 0.1) is 6.92 Å². The average molecular weight is 300 g/mol. The van der Waals surface area contributed by atoms with Crippen LogP contribution in [0.3, 0.4) is 0 Å². The molecule has 0 spiro atoms. The van der Waals surface area contributed by atoms with E-state index >= 15 is 0 Å². The molecule has 4 N–H and O–H groups in total. The lowest BCUT2D eigenvalue weighted by Gasteiger charge is -2.10. The molecule has 0 atom stereocenters. The number of benzene rings is 3. The van der Waals surface area contributed by atoms with E-state index in [0.29, 0.717) is 0 Å². The fourth-order valence-electron chi connectivity index (χ4n) is 2.57. The lowest BCUT2D eigenvalue weighted by molar-refractivity contribution is 1.44. The lowest BCUT2D eigenvalue weighted by Crippen LogP contribution is -1.91. The minimum atomic E-state index is 0.768. The topological polar surface area (TPSA) is 52.0 Å². The summed E-state index contributed by atoms with van der Waals surface area (Å²) in [5, 5.41) is 0. The van der Waals surface area contributed by atoms with E-state index in [1.54, 1.807) is 0 Å². The van der Waals surface area contributed by atoms with Gasteiger partial charge in [-0.2, -0.15) is 0 Å². The molecular formula is C21H20N2. The van der Waals surface area contributed by atoms with E-state index < -0.39 is 0 Å². The highest BCUT2D eigenvalue weighted by atomic mass is 14.5. The molecule has 2 heteroatoms. The molecule has 0 aliphatic heterocycles. The summed E-state index contributed by atoms with van der Waals surface area (Å²) in [5.41, 5.74) is 19.0.